The minimum atomic E-state index is -1.03. The lowest BCUT2D eigenvalue weighted by molar-refractivity contribution is -0.138. The second kappa shape index (κ2) is 3.53. The number of carboxylic acid groups (broad SMARTS) is 1. The van der Waals surface area contributed by atoms with Crippen molar-refractivity contribution < 1.29 is 9.90 Å². The van der Waals surface area contributed by atoms with Crippen molar-refractivity contribution in [3.05, 3.63) is 11.6 Å². The van der Waals surface area contributed by atoms with Crippen LogP contribution in [-0.2, 0) is 18.3 Å². The van der Waals surface area contributed by atoms with Gasteiger partial charge in [-0.2, -0.15) is 0 Å². The van der Waals surface area contributed by atoms with E-state index in [0.717, 1.165) is 5.82 Å². The first kappa shape index (κ1) is 9.66. The molecular formula is C7H12N4O2. The molecule has 0 saturated heterocycles. The zero-order chi connectivity index (χ0) is 10.0. The topological polar surface area (TPSA) is 94.0 Å². The molecule has 1 heterocycles. The number of hydrogen-bond donors (Lipinski definition) is 2. The van der Waals surface area contributed by atoms with Crippen molar-refractivity contribution in [2.75, 3.05) is 0 Å². The number of aryl methyl sites for hydroxylation is 1. The molecule has 72 valence electrons. The van der Waals surface area contributed by atoms with E-state index >= 15 is 0 Å². The van der Waals surface area contributed by atoms with Crippen LogP contribution in [0.25, 0.3) is 0 Å². The molecule has 13 heavy (non-hydrogen) atoms. The van der Waals surface area contributed by atoms with E-state index in [2.05, 4.69) is 10.2 Å². The predicted octanol–water partition coefficient (Wildman–Crippen LogP) is -0.922. The molecule has 0 amide bonds. The highest BCUT2D eigenvalue weighted by Crippen LogP contribution is 2.00. The fourth-order valence-corrected chi connectivity index (χ4v) is 0.913. The third-order valence-corrected chi connectivity index (χ3v) is 1.90. The highest BCUT2D eigenvalue weighted by molar-refractivity contribution is 5.73. The molecular weight excluding hydrogens is 172 g/mol. The van der Waals surface area contributed by atoms with Crippen LogP contribution in [0.3, 0.4) is 0 Å². The van der Waals surface area contributed by atoms with Crippen LogP contribution in [0.1, 0.15) is 11.6 Å². The molecule has 1 aromatic heterocycles. The van der Waals surface area contributed by atoms with Gasteiger partial charge >= 0.3 is 5.97 Å². The number of carboxylic acids is 1. The lowest BCUT2D eigenvalue weighted by Crippen LogP contribution is -2.33. The van der Waals surface area contributed by atoms with Gasteiger partial charge in [-0.05, 0) is 6.92 Å². The first-order valence-corrected chi connectivity index (χ1v) is 3.85. The standard InChI is InChI=1S/C7H12N4O2/c1-4-9-10-6(11(4)2)3-5(8)7(12)13/h5H,3,8H2,1-2H3,(H,12,13)/t5-/m1/s1. The summed E-state index contributed by atoms with van der Waals surface area (Å²) in [4.78, 5) is 10.4. The smallest absolute Gasteiger partial charge is 0.320 e. The molecule has 6 nitrogen and oxygen atoms in total. The van der Waals surface area contributed by atoms with Gasteiger partial charge in [0.1, 0.15) is 17.7 Å². The molecule has 1 atom stereocenters. The molecule has 1 aromatic rings. The van der Waals surface area contributed by atoms with E-state index in [4.69, 9.17) is 10.8 Å². The molecule has 0 unspecified atom stereocenters. The normalized spacial score (nSPS) is 12.8. The summed E-state index contributed by atoms with van der Waals surface area (Å²) in [5.74, 6) is 0.306. The van der Waals surface area contributed by atoms with Gasteiger partial charge in [0.15, 0.2) is 0 Å². The van der Waals surface area contributed by atoms with Gasteiger partial charge in [-0.1, -0.05) is 0 Å². The van der Waals surface area contributed by atoms with Crippen LogP contribution in [0.15, 0.2) is 0 Å². The fraction of sp³-hybridized carbons (Fsp3) is 0.571. The molecule has 0 aliphatic carbocycles. The summed E-state index contributed by atoms with van der Waals surface area (Å²) >= 11 is 0. The van der Waals surface area contributed by atoms with Crippen molar-refractivity contribution in [2.24, 2.45) is 12.8 Å². The van der Waals surface area contributed by atoms with Crippen molar-refractivity contribution in [3.63, 3.8) is 0 Å². The van der Waals surface area contributed by atoms with E-state index in [9.17, 15) is 4.79 Å². The Bertz CT molecular complexity index is 320. The lowest BCUT2D eigenvalue weighted by Gasteiger charge is -2.05. The van der Waals surface area contributed by atoms with Crippen molar-refractivity contribution in [3.8, 4) is 0 Å². The van der Waals surface area contributed by atoms with Gasteiger partial charge in [0.25, 0.3) is 0 Å². The maximum absolute atomic E-state index is 10.4. The number of carbonyl (C=O) groups is 1. The van der Waals surface area contributed by atoms with Crippen molar-refractivity contribution in [2.45, 2.75) is 19.4 Å². The van der Waals surface area contributed by atoms with Gasteiger partial charge in [-0.15, -0.1) is 10.2 Å². The van der Waals surface area contributed by atoms with E-state index in [1.165, 1.54) is 0 Å². The van der Waals surface area contributed by atoms with E-state index < -0.39 is 12.0 Å². The molecule has 0 radical (unpaired) electrons. The van der Waals surface area contributed by atoms with E-state index in [1.54, 1.807) is 18.5 Å². The van der Waals surface area contributed by atoms with Crippen molar-refractivity contribution in [1.82, 2.24) is 14.8 Å². The number of aromatic nitrogens is 3. The predicted molar refractivity (Wildman–Crippen MR) is 45.1 cm³/mol. The maximum atomic E-state index is 10.4. The van der Waals surface area contributed by atoms with Crippen LogP contribution in [-0.4, -0.2) is 31.9 Å². The third-order valence-electron chi connectivity index (χ3n) is 1.90. The molecule has 0 aromatic carbocycles. The average molecular weight is 184 g/mol. The minimum absolute atomic E-state index is 0.201. The first-order chi connectivity index (χ1) is 6.02. The summed E-state index contributed by atoms with van der Waals surface area (Å²) in [5, 5.41) is 16.2. The highest BCUT2D eigenvalue weighted by Gasteiger charge is 2.15. The van der Waals surface area contributed by atoms with Gasteiger partial charge in [-0.25, -0.2) is 0 Å². The zero-order valence-corrected chi connectivity index (χ0v) is 7.56. The van der Waals surface area contributed by atoms with E-state index in [0.29, 0.717) is 5.82 Å². The number of nitrogens with zero attached hydrogens (tertiary/aromatic N) is 3. The molecule has 3 N–H and O–H groups in total. The maximum Gasteiger partial charge on any atom is 0.320 e. The summed E-state index contributed by atoms with van der Waals surface area (Å²) in [7, 11) is 1.78. The van der Waals surface area contributed by atoms with Crippen LogP contribution >= 0.6 is 0 Å². The molecule has 0 saturated carbocycles. The van der Waals surface area contributed by atoms with Gasteiger partial charge in [0.2, 0.25) is 0 Å². The number of rotatable bonds is 3. The van der Waals surface area contributed by atoms with Gasteiger partial charge < -0.3 is 15.4 Å². The largest absolute Gasteiger partial charge is 0.480 e. The molecule has 6 heteroatoms. The van der Waals surface area contributed by atoms with Gasteiger partial charge in [-0.3, -0.25) is 4.79 Å². The summed E-state index contributed by atoms with van der Waals surface area (Å²) in [6.45, 7) is 1.79. The summed E-state index contributed by atoms with van der Waals surface area (Å²) in [6.07, 6.45) is 0.201. The zero-order valence-electron chi connectivity index (χ0n) is 7.56. The summed E-state index contributed by atoms with van der Waals surface area (Å²) < 4.78 is 1.72. The first-order valence-electron chi connectivity index (χ1n) is 3.85. The van der Waals surface area contributed by atoms with Crippen LogP contribution in [0.2, 0.25) is 0 Å². The Kier molecular flexibility index (Phi) is 2.62. The minimum Gasteiger partial charge on any atom is -0.480 e. The SMILES string of the molecule is Cc1nnc(C[C@@H](N)C(=O)O)n1C. The molecule has 0 bridgehead atoms. The molecule has 0 fully saturated rings. The Morgan fingerprint density at radius 3 is 2.69 bits per heavy atom. The monoisotopic (exact) mass is 184 g/mol. The molecule has 1 rings (SSSR count). The number of nitrogens with two attached hydrogens (primary N) is 1. The van der Waals surface area contributed by atoms with Gasteiger partial charge in [0, 0.05) is 13.5 Å². The summed E-state index contributed by atoms with van der Waals surface area (Å²) in [5.41, 5.74) is 5.35. The van der Waals surface area contributed by atoms with E-state index in [1.807, 2.05) is 0 Å². The van der Waals surface area contributed by atoms with E-state index in [-0.39, 0.29) is 6.42 Å². The average Bonchev–Trinajstić information content (AvgIpc) is 2.36. The molecule has 0 spiro atoms. The Morgan fingerprint density at radius 2 is 2.31 bits per heavy atom. The molecule has 0 aliphatic heterocycles. The third kappa shape index (κ3) is 2.03. The highest BCUT2D eigenvalue weighted by atomic mass is 16.4. The number of aliphatic carboxylic acids is 1. The van der Waals surface area contributed by atoms with Crippen LogP contribution in [0, 0.1) is 6.92 Å². The van der Waals surface area contributed by atoms with Crippen LogP contribution < -0.4 is 5.73 Å². The van der Waals surface area contributed by atoms with Crippen LogP contribution in [0.4, 0.5) is 0 Å². The Morgan fingerprint density at radius 1 is 1.69 bits per heavy atom. The second-order valence-electron chi connectivity index (χ2n) is 2.87. The Balaban J connectivity index is 2.74. The molecule has 0 aliphatic rings. The van der Waals surface area contributed by atoms with Crippen LogP contribution in [0.5, 0.6) is 0 Å². The number of hydrogen-bond acceptors (Lipinski definition) is 4. The summed E-state index contributed by atoms with van der Waals surface area (Å²) in [6, 6.07) is -0.915. The Hall–Kier alpha value is -1.43. The second-order valence-corrected chi connectivity index (χ2v) is 2.87. The van der Waals surface area contributed by atoms with Crippen molar-refractivity contribution in [1.29, 1.82) is 0 Å². The Labute approximate surface area is 75.4 Å². The quantitative estimate of drug-likeness (QED) is 0.633. The van der Waals surface area contributed by atoms with Crippen molar-refractivity contribution >= 4 is 5.97 Å². The van der Waals surface area contributed by atoms with Gasteiger partial charge in [0.05, 0.1) is 0 Å². The lowest BCUT2D eigenvalue weighted by atomic mass is 10.2. The fourth-order valence-electron chi connectivity index (χ4n) is 0.913.